The average molecular weight is 434 g/mol. The Morgan fingerprint density at radius 2 is 1.66 bits per heavy atom. The molecule has 8 heteroatoms. The average Bonchev–Trinajstić information content (AvgIpc) is 2.81. The van der Waals surface area contributed by atoms with Crippen LogP contribution in [0.2, 0.25) is 0 Å². The van der Waals surface area contributed by atoms with E-state index in [1.165, 1.54) is 23.1 Å². The first-order valence-corrected chi connectivity index (χ1v) is 10.1. The van der Waals surface area contributed by atoms with Gasteiger partial charge in [-0.15, -0.1) is 0 Å². The summed E-state index contributed by atoms with van der Waals surface area (Å²) in [6, 6.07) is 19.9. The quantitative estimate of drug-likeness (QED) is 0.541. The lowest BCUT2D eigenvalue weighted by Crippen LogP contribution is -2.41. The molecular formula is C24H23FN4O3. The van der Waals surface area contributed by atoms with Crippen molar-refractivity contribution in [2.75, 3.05) is 16.8 Å². The number of rotatable bonds is 9. The van der Waals surface area contributed by atoms with Gasteiger partial charge in [-0.1, -0.05) is 42.5 Å². The van der Waals surface area contributed by atoms with Gasteiger partial charge >= 0.3 is 0 Å². The van der Waals surface area contributed by atoms with Gasteiger partial charge < -0.3 is 15.5 Å². The van der Waals surface area contributed by atoms with Crippen LogP contribution in [0.25, 0.3) is 0 Å². The summed E-state index contributed by atoms with van der Waals surface area (Å²) in [5.74, 6) is -1.40. The lowest BCUT2D eigenvalue weighted by molar-refractivity contribution is -0.125. The molecule has 0 spiro atoms. The Bertz CT molecular complexity index is 1060. The molecule has 0 fully saturated rings. The Morgan fingerprint density at radius 1 is 0.875 bits per heavy atom. The molecule has 1 aromatic heterocycles. The standard InChI is InChI=1S/C24H23FN4O3/c25-19-9-6-10-20(15-19)29(17-23(31)27-16-18-7-2-1-3-8-18)24(32)13-12-22(30)28-21-11-4-5-14-26-21/h1-11,14-15H,12-13,16-17H2,(H,27,31)(H,26,28,30). The van der Waals surface area contributed by atoms with Crippen LogP contribution in [0.15, 0.2) is 79.0 Å². The van der Waals surface area contributed by atoms with E-state index in [0.717, 1.165) is 5.56 Å². The van der Waals surface area contributed by atoms with Crippen molar-refractivity contribution in [3.05, 3.63) is 90.4 Å². The van der Waals surface area contributed by atoms with Gasteiger partial charge in [0.2, 0.25) is 17.7 Å². The van der Waals surface area contributed by atoms with Crippen LogP contribution in [0.5, 0.6) is 0 Å². The summed E-state index contributed by atoms with van der Waals surface area (Å²) in [6.07, 6.45) is 1.29. The van der Waals surface area contributed by atoms with Crippen molar-refractivity contribution < 1.29 is 18.8 Å². The second-order valence-corrected chi connectivity index (χ2v) is 6.99. The van der Waals surface area contributed by atoms with Crippen LogP contribution < -0.4 is 15.5 Å². The summed E-state index contributed by atoms with van der Waals surface area (Å²) < 4.78 is 13.7. The third-order valence-corrected chi connectivity index (χ3v) is 4.55. The fourth-order valence-electron chi connectivity index (χ4n) is 2.96. The molecule has 0 atom stereocenters. The van der Waals surface area contributed by atoms with Gasteiger partial charge in [-0.3, -0.25) is 14.4 Å². The Labute approximate surface area is 185 Å². The minimum absolute atomic E-state index is 0.104. The Morgan fingerprint density at radius 3 is 2.38 bits per heavy atom. The molecule has 3 rings (SSSR count). The van der Waals surface area contributed by atoms with Crippen LogP contribution in [0, 0.1) is 5.82 Å². The number of benzene rings is 2. The maximum atomic E-state index is 13.7. The minimum Gasteiger partial charge on any atom is -0.350 e. The van der Waals surface area contributed by atoms with E-state index in [1.54, 1.807) is 30.5 Å². The van der Waals surface area contributed by atoms with E-state index in [4.69, 9.17) is 0 Å². The number of hydrogen-bond donors (Lipinski definition) is 2. The Hall–Kier alpha value is -4.07. The number of nitrogens with zero attached hydrogens (tertiary/aromatic N) is 2. The molecule has 0 unspecified atom stereocenters. The molecule has 0 aliphatic rings. The number of pyridine rings is 1. The number of nitrogens with one attached hydrogen (secondary N) is 2. The summed E-state index contributed by atoms with van der Waals surface area (Å²) in [6.45, 7) is 0.00825. The maximum Gasteiger partial charge on any atom is 0.240 e. The first-order valence-electron chi connectivity index (χ1n) is 10.1. The molecule has 164 valence electrons. The van der Waals surface area contributed by atoms with Gasteiger partial charge in [-0.05, 0) is 35.9 Å². The first kappa shape index (κ1) is 22.6. The number of hydrogen-bond acceptors (Lipinski definition) is 4. The molecule has 0 aliphatic heterocycles. The van der Waals surface area contributed by atoms with E-state index in [9.17, 15) is 18.8 Å². The fourth-order valence-corrected chi connectivity index (χ4v) is 2.96. The van der Waals surface area contributed by atoms with Crippen LogP contribution in [-0.4, -0.2) is 29.3 Å². The predicted octanol–water partition coefficient (Wildman–Crippen LogP) is 3.29. The highest BCUT2D eigenvalue weighted by Crippen LogP contribution is 2.17. The van der Waals surface area contributed by atoms with Gasteiger partial charge in [0.15, 0.2) is 0 Å². The number of carbonyl (C=O) groups excluding carboxylic acids is 3. The van der Waals surface area contributed by atoms with Crippen molar-refractivity contribution >= 4 is 29.2 Å². The highest BCUT2D eigenvalue weighted by molar-refractivity contribution is 6.01. The van der Waals surface area contributed by atoms with Crippen LogP contribution in [0.1, 0.15) is 18.4 Å². The number of amides is 3. The van der Waals surface area contributed by atoms with E-state index in [1.807, 2.05) is 30.3 Å². The van der Waals surface area contributed by atoms with Gasteiger partial charge in [0.1, 0.15) is 18.2 Å². The van der Waals surface area contributed by atoms with Gasteiger partial charge in [0.05, 0.1) is 0 Å². The summed E-state index contributed by atoms with van der Waals surface area (Å²) in [4.78, 5) is 42.7. The lowest BCUT2D eigenvalue weighted by atomic mass is 10.2. The van der Waals surface area contributed by atoms with Crippen LogP contribution in [0.3, 0.4) is 0 Å². The maximum absolute atomic E-state index is 13.7. The molecule has 3 amide bonds. The smallest absolute Gasteiger partial charge is 0.240 e. The Balaban J connectivity index is 1.62. The van der Waals surface area contributed by atoms with E-state index < -0.39 is 17.6 Å². The predicted molar refractivity (Wildman–Crippen MR) is 119 cm³/mol. The molecule has 32 heavy (non-hydrogen) atoms. The zero-order valence-electron chi connectivity index (χ0n) is 17.3. The third kappa shape index (κ3) is 7.02. The topological polar surface area (TPSA) is 91.4 Å². The van der Waals surface area contributed by atoms with Crippen molar-refractivity contribution in [2.45, 2.75) is 19.4 Å². The van der Waals surface area contributed by atoms with E-state index in [-0.39, 0.29) is 31.0 Å². The molecule has 0 radical (unpaired) electrons. The van der Waals surface area contributed by atoms with Crippen molar-refractivity contribution in [1.29, 1.82) is 0 Å². The molecule has 1 heterocycles. The SMILES string of the molecule is O=C(CN(C(=O)CCC(=O)Nc1ccccn1)c1cccc(F)c1)NCc1ccccc1. The summed E-state index contributed by atoms with van der Waals surface area (Å²) in [5.41, 5.74) is 1.16. The van der Waals surface area contributed by atoms with E-state index in [0.29, 0.717) is 12.4 Å². The van der Waals surface area contributed by atoms with Gasteiger partial charge in [0.25, 0.3) is 0 Å². The van der Waals surface area contributed by atoms with Crippen LogP contribution in [-0.2, 0) is 20.9 Å². The van der Waals surface area contributed by atoms with Gasteiger partial charge in [0, 0.05) is 31.3 Å². The summed E-state index contributed by atoms with van der Waals surface area (Å²) in [7, 11) is 0. The van der Waals surface area contributed by atoms with Crippen LogP contribution >= 0.6 is 0 Å². The second-order valence-electron chi connectivity index (χ2n) is 6.99. The minimum atomic E-state index is -0.530. The summed E-state index contributed by atoms with van der Waals surface area (Å²) in [5, 5.41) is 5.36. The van der Waals surface area contributed by atoms with Crippen molar-refractivity contribution in [1.82, 2.24) is 10.3 Å². The molecular weight excluding hydrogens is 411 g/mol. The third-order valence-electron chi connectivity index (χ3n) is 4.55. The van der Waals surface area contributed by atoms with Crippen LogP contribution in [0.4, 0.5) is 15.9 Å². The number of carbonyl (C=O) groups is 3. The largest absolute Gasteiger partial charge is 0.350 e. The molecule has 0 saturated carbocycles. The molecule has 2 aromatic carbocycles. The highest BCUT2D eigenvalue weighted by Gasteiger charge is 2.20. The molecule has 0 saturated heterocycles. The van der Waals surface area contributed by atoms with Crippen molar-refractivity contribution in [3.63, 3.8) is 0 Å². The number of halogens is 1. The van der Waals surface area contributed by atoms with Crippen molar-refractivity contribution in [2.24, 2.45) is 0 Å². The molecule has 0 bridgehead atoms. The number of aromatic nitrogens is 1. The summed E-state index contributed by atoms with van der Waals surface area (Å²) >= 11 is 0. The van der Waals surface area contributed by atoms with Gasteiger partial charge in [-0.2, -0.15) is 0 Å². The van der Waals surface area contributed by atoms with Gasteiger partial charge in [-0.25, -0.2) is 9.37 Å². The highest BCUT2D eigenvalue weighted by atomic mass is 19.1. The molecule has 0 aliphatic carbocycles. The molecule has 3 aromatic rings. The first-order chi connectivity index (χ1) is 15.5. The zero-order valence-corrected chi connectivity index (χ0v) is 17.3. The van der Waals surface area contributed by atoms with Crippen molar-refractivity contribution in [3.8, 4) is 0 Å². The number of anilines is 2. The molecule has 7 nitrogen and oxygen atoms in total. The lowest BCUT2D eigenvalue weighted by Gasteiger charge is -2.22. The van der Waals surface area contributed by atoms with E-state index >= 15 is 0 Å². The fraction of sp³-hybridized carbons (Fsp3) is 0.167. The van der Waals surface area contributed by atoms with E-state index in [2.05, 4.69) is 15.6 Å². The normalized spacial score (nSPS) is 10.3. The second kappa shape index (κ2) is 11.4. The molecule has 2 N–H and O–H groups in total. The Kier molecular flexibility index (Phi) is 8.02. The zero-order chi connectivity index (χ0) is 22.8. The monoisotopic (exact) mass is 434 g/mol.